The zero-order valence-corrected chi connectivity index (χ0v) is 12.9. The van der Waals surface area contributed by atoms with Gasteiger partial charge >= 0.3 is 0 Å². The van der Waals surface area contributed by atoms with Crippen molar-refractivity contribution in [3.63, 3.8) is 0 Å². The highest BCUT2D eigenvalue weighted by Gasteiger charge is 2.11. The molecule has 0 amide bonds. The molecule has 0 aliphatic rings. The molecule has 1 aromatic carbocycles. The number of halogens is 1. The van der Waals surface area contributed by atoms with Gasteiger partial charge in [-0.25, -0.2) is 9.97 Å². The molecular formula is C13H14BrN3O3. The van der Waals surface area contributed by atoms with Crippen LogP contribution >= 0.6 is 15.9 Å². The molecule has 0 atom stereocenters. The van der Waals surface area contributed by atoms with E-state index < -0.39 is 0 Å². The number of rotatable bonds is 5. The fraction of sp³-hybridized carbons (Fsp3) is 0.231. The molecule has 0 spiro atoms. The molecule has 0 unspecified atom stereocenters. The molecule has 2 aromatic rings. The fourth-order valence-electron chi connectivity index (χ4n) is 1.55. The minimum absolute atomic E-state index is 0.402. The van der Waals surface area contributed by atoms with Gasteiger partial charge in [-0.3, -0.25) is 0 Å². The van der Waals surface area contributed by atoms with Gasteiger partial charge in [0.25, 0.3) is 0 Å². The molecule has 20 heavy (non-hydrogen) atoms. The number of hydrogen-bond acceptors (Lipinski definition) is 6. The summed E-state index contributed by atoms with van der Waals surface area (Å²) < 4.78 is 16.8. The van der Waals surface area contributed by atoms with E-state index in [0.29, 0.717) is 33.4 Å². The van der Waals surface area contributed by atoms with Crippen LogP contribution in [0.25, 0.3) is 0 Å². The molecule has 0 radical (unpaired) electrons. The fourth-order valence-corrected chi connectivity index (χ4v) is 2.03. The molecule has 1 N–H and O–H groups in total. The van der Waals surface area contributed by atoms with E-state index in [2.05, 4.69) is 31.2 Å². The Morgan fingerprint density at radius 2 is 1.60 bits per heavy atom. The summed E-state index contributed by atoms with van der Waals surface area (Å²) in [4.78, 5) is 8.16. The molecule has 2 rings (SSSR count). The number of hydrogen-bond donors (Lipinski definition) is 1. The summed E-state index contributed by atoms with van der Waals surface area (Å²) in [7, 11) is 4.93. The molecule has 0 saturated heterocycles. The van der Waals surface area contributed by atoms with Crippen molar-refractivity contribution in [2.75, 3.05) is 26.6 Å². The maximum absolute atomic E-state index is 5.74. The Bertz CT molecular complexity index is 585. The number of nitrogens with one attached hydrogen (secondary N) is 1. The molecule has 6 nitrogen and oxygen atoms in total. The van der Waals surface area contributed by atoms with E-state index >= 15 is 0 Å². The average molecular weight is 340 g/mol. The first-order valence-electron chi connectivity index (χ1n) is 5.77. The molecule has 1 aromatic heterocycles. The van der Waals surface area contributed by atoms with Gasteiger partial charge in [-0.2, -0.15) is 0 Å². The number of aromatic nitrogens is 2. The number of anilines is 1. The lowest BCUT2D eigenvalue weighted by molar-refractivity contribution is 0.384. The quantitative estimate of drug-likeness (QED) is 0.902. The zero-order valence-electron chi connectivity index (χ0n) is 11.3. The largest absolute Gasteiger partial charge is 0.496 e. The van der Waals surface area contributed by atoms with Crippen molar-refractivity contribution >= 4 is 21.7 Å². The first-order valence-corrected chi connectivity index (χ1v) is 6.56. The van der Waals surface area contributed by atoms with Gasteiger partial charge < -0.3 is 19.5 Å². The van der Waals surface area contributed by atoms with Crippen molar-refractivity contribution in [1.82, 2.24) is 9.97 Å². The lowest BCUT2D eigenvalue weighted by Crippen LogP contribution is -1.98. The summed E-state index contributed by atoms with van der Waals surface area (Å²) in [5.41, 5.74) is 0. The Balaban J connectivity index is 2.34. The summed E-state index contributed by atoms with van der Waals surface area (Å²) in [6.45, 7) is 0. The predicted octanol–water partition coefficient (Wildman–Crippen LogP) is 3.09. The van der Waals surface area contributed by atoms with Gasteiger partial charge in [0.1, 0.15) is 33.9 Å². The van der Waals surface area contributed by atoms with Gasteiger partial charge in [-0.05, 0) is 15.9 Å². The zero-order chi connectivity index (χ0) is 14.5. The van der Waals surface area contributed by atoms with Crippen molar-refractivity contribution in [1.29, 1.82) is 0 Å². The predicted molar refractivity (Wildman–Crippen MR) is 78.9 cm³/mol. The van der Waals surface area contributed by atoms with Gasteiger partial charge in [0, 0.05) is 25.2 Å². The molecule has 0 fully saturated rings. The molecule has 0 aliphatic heterocycles. The summed E-state index contributed by atoms with van der Waals surface area (Å²) in [5, 5.41) is 2.94. The first-order chi connectivity index (χ1) is 9.67. The third kappa shape index (κ3) is 3.11. The maximum atomic E-state index is 5.74. The molecule has 0 bridgehead atoms. The van der Waals surface area contributed by atoms with Crippen molar-refractivity contribution < 1.29 is 14.2 Å². The third-order valence-electron chi connectivity index (χ3n) is 2.53. The van der Waals surface area contributed by atoms with Gasteiger partial charge in [-0.1, -0.05) is 0 Å². The van der Waals surface area contributed by atoms with Crippen molar-refractivity contribution in [3.8, 4) is 23.1 Å². The van der Waals surface area contributed by atoms with Gasteiger partial charge in [-0.15, -0.1) is 0 Å². The number of ether oxygens (including phenoxy) is 3. The van der Waals surface area contributed by atoms with E-state index in [1.54, 1.807) is 39.5 Å². The van der Waals surface area contributed by atoms with Crippen LogP contribution in [0.4, 0.5) is 5.82 Å². The van der Waals surface area contributed by atoms with E-state index in [1.165, 1.54) is 6.33 Å². The highest BCUT2D eigenvalue weighted by molar-refractivity contribution is 9.10. The molecule has 0 saturated carbocycles. The summed E-state index contributed by atoms with van der Waals surface area (Å²) in [5.74, 6) is 2.88. The molecule has 106 valence electrons. The van der Waals surface area contributed by atoms with Crippen LogP contribution in [0.3, 0.4) is 0 Å². The number of methoxy groups -OCH3 is 2. The van der Waals surface area contributed by atoms with E-state index in [-0.39, 0.29) is 0 Å². The van der Waals surface area contributed by atoms with Gasteiger partial charge in [0.15, 0.2) is 0 Å². The summed E-state index contributed by atoms with van der Waals surface area (Å²) >= 11 is 3.40. The second kappa shape index (κ2) is 6.42. The maximum Gasteiger partial charge on any atom is 0.238 e. The second-order valence-corrected chi connectivity index (χ2v) is 4.53. The second-order valence-electron chi connectivity index (χ2n) is 3.74. The normalized spacial score (nSPS) is 10.0. The average Bonchev–Trinajstić information content (AvgIpc) is 2.49. The minimum Gasteiger partial charge on any atom is -0.496 e. The Morgan fingerprint density at radius 1 is 1.00 bits per heavy atom. The highest BCUT2D eigenvalue weighted by Crippen LogP contribution is 2.34. The number of nitrogens with zero attached hydrogens (tertiary/aromatic N) is 2. The van der Waals surface area contributed by atoms with Crippen molar-refractivity contribution in [3.05, 3.63) is 29.0 Å². The van der Waals surface area contributed by atoms with Crippen molar-refractivity contribution in [2.45, 2.75) is 0 Å². The monoisotopic (exact) mass is 339 g/mol. The smallest absolute Gasteiger partial charge is 0.238 e. The van der Waals surface area contributed by atoms with Crippen LogP contribution in [0, 0.1) is 0 Å². The Morgan fingerprint density at radius 3 is 2.15 bits per heavy atom. The summed E-state index contributed by atoms with van der Waals surface area (Å²) in [6, 6.07) is 5.26. The molecular weight excluding hydrogens is 326 g/mol. The summed E-state index contributed by atoms with van der Waals surface area (Å²) in [6.07, 6.45) is 1.42. The van der Waals surface area contributed by atoms with Crippen LogP contribution in [-0.4, -0.2) is 31.2 Å². The van der Waals surface area contributed by atoms with Crippen LogP contribution in [0.15, 0.2) is 29.0 Å². The SMILES string of the molecule is CNc1ncnc(Oc2cc(OC)cc(OC)c2)c1Br. The van der Waals surface area contributed by atoms with E-state index in [0.717, 1.165) is 0 Å². The number of benzene rings is 1. The van der Waals surface area contributed by atoms with E-state index in [9.17, 15) is 0 Å². The molecule has 0 aliphatic carbocycles. The lowest BCUT2D eigenvalue weighted by Gasteiger charge is -2.11. The van der Waals surface area contributed by atoms with Crippen molar-refractivity contribution in [2.24, 2.45) is 0 Å². The topological polar surface area (TPSA) is 65.5 Å². The Labute approximate surface area is 125 Å². The van der Waals surface area contributed by atoms with Crippen LogP contribution < -0.4 is 19.5 Å². The van der Waals surface area contributed by atoms with E-state index in [1.807, 2.05) is 0 Å². The van der Waals surface area contributed by atoms with Crippen LogP contribution in [0.1, 0.15) is 0 Å². The van der Waals surface area contributed by atoms with Crippen LogP contribution in [0.5, 0.6) is 23.1 Å². The van der Waals surface area contributed by atoms with Gasteiger partial charge in [0.05, 0.1) is 14.2 Å². The van der Waals surface area contributed by atoms with E-state index in [4.69, 9.17) is 14.2 Å². The van der Waals surface area contributed by atoms with Crippen LogP contribution in [0.2, 0.25) is 0 Å². The minimum atomic E-state index is 0.402. The molecule has 1 heterocycles. The highest BCUT2D eigenvalue weighted by atomic mass is 79.9. The Hall–Kier alpha value is -2.02. The third-order valence-corrected chi connectivity index (χ3v) is 3.25. The lowest BCUT2D eigenvalue weighted by atomic mass is 10.3. The Kier molecular flexibility index (Phi) is 4.62. The molecule has 7 heteroatoms. The van der Waals surface area contributed by atoms with Crippen LogP contribution in [-0.2, 0) is 0 Å². The van der Waals surface area contributed by atoms with Gasteiger partial charge in [0.2, 0.25) is 5.88 Å². The first kappa shape index (κ1) is 14.4. The standard InChI is InChI=1S/C13H14BrN3O3/c1-15-12-11(14)13(17-7-16-12)20-10-5-8(18-2)4-9(6-10)19-3/h4-7H,1-3H3,(H,15,16,17).